The molecule has 0 radical (unpaired) electrons. The second kappa shape index (κ2) is 4.86. The number of nitroso groups, excluding NO2 is 1. The summed E-state index contributed by atoms with van der Waals surface area (Å²) in [6, 6.07) is 0. The van der Waals surface area contributed by atoms with Gasteiger partial charge in [-0.2, -0.15) is 13.2 Å². The van der Waals surface area contributed by atoms with Crippen molar-refractivity contribution in [1.82, 2.24) is 4.98 Å². The van der Waals surface area contributed by atoms with Crippen LogP contribution in [-0.2, 0) is 6.18 Å². The molecule has 0 aromatic carbocycles. The lowest BCUT2D eigenvalue weighted by Crippen LogP contribution is -2.18. The first-order chi connectivity index (χ1) is 8.61. The van der Waals surface area contributed by atoms with Crippen LogP contribution < -0.4 is 0 Å². The molecule has 1 N–H and O–H groups in total. The summed E-state index contributed by atoms with van der Waals surface area (Å²) < 4.78 is 62.8. The van der Waals surface area contributed by atoms with Crippen molar-refractivity contribution in [2.75, 3.05) is 0 Å². The van der Waals surface area contributed by atoms with Gasteiger partial charge in [-0.3, -0.25) is 0 Å². The molecule has 0 spiro atoms. The van der Waals surface area contributed by atoms with Crippen LogP contribution in [-0.4, -0.2) is 16.1 Å². The van der Waals surface area contributed by atoms with E-state index in [1.807, 2.05) is 0 Å². The molecule has 1 aromatic heterocycles. The van der Waals surface area contributed by atoms with Crippen LogP contribution in [0.15, 0.2) is 5.18 Å². The Morgan fingerprint density at radius 3 is 2.21 bits per heavy atom. The minimum absolute atomic E-state index is 0.781. The number of rotatable bonds is 3. The van der Waals surface area contributed by atoms with Crippen LogP contribution >= 0.6 is 0 Å². The Bertz CT molecular complexity index is 542. The summed E-state index contributed by atoms with van der Waals surface area (Å²) in [6.07, 6.45) is -8.74. The summed E-state index contributed by atoms with van der Waals surface area (Å²) in [6.45, 7) is 0.781. The van der Waals surface area contributed by atoms with E-state index in [9.17, 15) is 31.7 Å². The summed E-state index contributed by atoms with van der Waals surface area (Å²) in [5.41, 5.74) is -6.75. The van der Waals surface area contributed by atoms with Gasteiger partial charge in [0.2, 0.25) is 0 Å². The van der Waals surface area contributed by atoms with Gasteiger partial charge >= 0.3 is 12.1 Å². The number of aromatic nitrogens is 1. The molecule has 0 aliphatic heterocycles. The maximum absolute atomic E-state index is 12.6. The maximum Gasteiger partial charge on any atom is 0.434 e. The zero-order valence-corrected chi connectivity index (χ0v) is 9.13. The monoisotopic (exact) mass is 284 g/mol. The first kappa shape index (κ1) is 14.9. The van der Waals surface area contributed by atoms with Gasteiger partial charge in [-0.25, -0.2) is 18.6 Å². The molecule has 104 valence electrons. The summed E-state index contributed by atoms with van der Waals surface area (Å²) in [5.74, 6) is -2.04. The lowest BCUT2D eigenvalue weighted by Gasteiger charge is -2.14. The van der Waals surface area contributed by atoms with Crippen LogP contribution in [0.3, 0.4) is 0 Å². The zero-order chi connectivity index (χ0) is 15.0. The number of hydrogen-bond acceptors (Lipinski definition) is 4. The standard InChI is InChI=1S/C9H5F5N2O3/c1-2-3(8(17)18)6(9(12,13)14)15-5(7(10)11)4(2)16-19/h7H,1H3,(H,17,18). The summed E-state index contributed by atoms with van der Waals surface area (Å²) in [5, 5.41) is 10.8. The van der Waals surface area contributed by atoms with Gasteiger partial charge in [0.05, 0.1) is 5.56 Å². The van der Waals surface area contributed by atoms with E-state index in [0.29, 0.717) is 0 Å². The maximum atomic E-state index is 12.6. The molecule has 1 rings (SSSR count). The largest absolute Gasteiger partial charge is 0.478 e. The predicted molar refractivity (Wildman–Crippen MR) is 51.3 cm³/mol. The van der Waals surface area contributed by atoms with Crippen molar-refractivity contribution in [2.24, 2.45) is 5.18 Å². The number of aromatic carboxylic acids is 1. The van der Waals surface area contributed by atoms with Crippen molar-refractivity contribution >= 4 is 11.7 Å². The molecule has 10 heteroatoms. The number of carboxylic acid groups (broad SMARTS) is 1. The molecule has 1 aromatic rings. The van der Waals surface area contributed by atoms with Crippen molar-refractivity contribution in [3.8, 4) is 0 Å². The van der Waals surface area contributed by atoms with E-state index >= 15 is 0 Å². The highest BCUT2D eigenvalue weighted by Crippen LogP contribution is 2.39. The topological polar surface area (TPSA) is 79.6 Å². The van der Waals surface area contributed by atoms with Crippen LogP contribution in [0.4, 0.5) is 27.6 Å². The average Bonchev–Trinajstić information content (AvgIpc) is 2.25. The molecular weight excluding hydrogens is 279 g/mol. The van der Waals surface area contributed by atoms with E-state index in [2.05, 4.69) is 10.2 Å². The summed E-state index contributed by atoms with van der Waals surface area (Å²) in [7, 11) is 0. The smallest absolute Gasteiger partial charge is 0.434 e. The van der Waals surface area contributed by atoms with Gasteiger partial charge in [0.25, 0.3) is 6.43 Å². The van der Waals surface area contributed by atoms with Gasteiger partial charge in [0.15, 0.2) is 5.69 Å². The lowest BCUT2D eigenvalue weighted by molar-refractivity contribution is -0.142. The SMILES string of the molecule is Cc1c(N=O)c(C(F)F)nc(C(F)(F)F)c1C(=O)O. The average molecular weight is 284 g/mol. The van der Waals surface area contributed by atoms with Gasteiger partial charge in [-0.05, 0) is 17.7 Å². The Morgan fingerprint density at radius 2 is 1.89 bits per heavy atom. The first-order valence-electron chi connectivity index (χ1n) is 4.57. The Balaban J connectivity index is 3.82. The molecule has 1 heterocycles. The molecule has 5 nitrogen and oxygen atoms in total. The highest BCUT2D eigenvalue weighted by atomic mass is 19.4. The molecule has 0 amide bonds. The molecule has 0 aliphatic rings. The predicted octanol–water partition coefficient (Wildman–Crippen LogP) is 3.44. The van der Waals surface area contributed by atoms with E-state index in [-0.39, 0.29) is 0 Å². The fourth-order valence-electron chi connectivity index (χ4n) is 1.45. The Hall–Kier alpha value is -2.13. The number of alkyl halides is 5. The van der Waals surface area contributed by atoms with Gasteiger partial charge in [-0.1, -0.05) is 0 Å². The molecule has 19 heavy (non-hydrogen) atoms. The fourth-order valence-corrected chi connectivity index (χ4v) is 1.45. The van der Waals surface area contributed by atoms with Crippen LogP contribution in [0, 0.1) is 11.8 Å². The highest BCUT2D eigenvalue weighted by Gasteiger charge is 2.41. The van der Waals surface area contributed by atoms with Gasteiger partial charge in [-0.15, -0.1) is 4.91 Å². The van der Waals surface area contributed by atoms with Gasteiger partial charge in [0, 0.05) is 0 Å². The van der Waals surface area contributed by atoms with Crippen LogP contribution in [0.1, 0.15) is 33.7 Å². The summed E-state index contributed by atoms with van der Waals surface area (Å²) in [4.78, 5) is 23.7. The number of hydrogen-bond donors (Lipinski definition) is 1. The molecule has 0 aliphatic carbocycles. The second-order valence-electron chi connectivity index (χ2n) is 3.39. The molecular formula is C9H5F5N2O3. The number of nitrogens with zero attached hydrogens (tertiary/aromatic N) is 2. The number of carboxylic acids is 1. The first-order valence-corrected chi connectivity index (χ1v) is 4.57. The highest BCUT2D eigenvalue weighted by molar-refractivity contribution is 5.92. The van der Waals surface area contributed by atoms with Gasteiger partial charge in [0.1, 0.15) is 11.4 Å². The van der Waals surface area contributed by atoms with E-state index in [0.717, 1.165) is 6.92 Å². The van der Waals surface area contributed by atoms with E-state index in [1.54, 1.807) is 0 Å². The third kappa shape index (κ3) is 2.66. The van der Waals surface area contributed by atoms with Crippen molar-refractivity contribution in [1.29, 1.82) is 0 Å². The molecule has 0 atom stereocenters. The molecule has 0 saturated carbocycles. The lowest BCUT2D eigenvalue weighted by atomic mass is 10.0. The second-order valence-corrected chi connectivity index (χ2v) is 3.39. The quantitative estimate of drug-likeness (QED) is 0.681. The number of halogens is 5. The minimum atomic E-state index is -5.25. The van der Waals surface area contributed by atoms with E-state index in [1.165, 1.54) is 0 Å². The molecule has 0 unspecified atom stereocenters. The third-order valence-corrected chi connectivity index (χ3v) is 2.22. The van der Waals surface area contributed by atoms with Crippen molar-refractivity contribution < 1.29 is 31.9 Å². The number of pyridine rings is 1. The van der Waals surface area contributed by atoms with Crippen molar-refractivity contribution in [2.45, 2.75) is 19.5 Å². The van der Waals surface area contributed by atoms with Crippen LogP contribution in [0.2, 0.25) is 0 Å². The van der Waals surface area contributed by atoms with Crippen LogP contribution in [0.25, 0.3) is 0 Å². The fraction of sp³-hybridized carbons (Fsp3) is 0.333. The third-order valence-electron chi connectivity index (χ3n) is 2.22. The van der Waals surface area contributed by atoms with Crippen molar-refractivity contribution in [3.05, 3.63) is 27.4 Å². The molecule has 0 saturated heterocycles. The van der Waals surface area contributed by atoms with E-state index in [4.69, 9.17) is 5.11 Å². The normalized spacial score (nSPS) is 11.7. The van der Waals surface area contributed by atoms with Crippen LogP contribution in [0.5, 0.6) is 0 Å². The molecule has 0 bridgehead atoms. The Kier molecular flexibility index (Phi) is 3.82. The van der Waals surface area contributed by atoms with E-state index < -0.39 is 46.8 Å². The Labute approximate surface area is 102 Å². The molecule has 0 fully saturated rings. The van der Waals surface area contributed by atoms with Crippen molar-refractivity contribution in [3.63, 3.8) is 0 Å². The van der Waals surface area contributed by atoms with Gasteiger partial charge < -0.3 is 5.11 Å². The summed E-state index contributed by atoms with van der Waals surface area (Å²) >= 11 is 0. The minimum Gasteiger partial charge on any atom is -0.478 e. The number of carbonyl (C=O) groups is 1. The zero-order valence-electron chi connectivity index (χ0n) is 9.13. The Morgan fingerprint density at radius 1 is 1.37 bits per heavy atom.